The Morgan fingerprint density at radius 3 is 2.73 bits per heavy atom. The third-order valence-corrected chi connectivity index (χ3v) is 3.48. The maximum absolute atomic E-state index is 10.0. The minimum absolute atomic E-state index is 0.235. The van der Waals surface area contributed by atoms with Gasteiger partial charge in [0.1, 0.15) is 11.5 Å². The molecule has 0 fully saturated rings. The van der Waals surface area contributed by atoms with Gasteiger partial charge in [-0.2, -0.15) is 5.10 Å². The molecule has 1 heterocycles. The second-order valence-corrected chi connectivity index (χ2v) is 5.12. The maximum atomic E-state index is 10.0. The number of rotatable bonds is 4. The van der Waals surface area contributed by atoms with E-state index in [4.69, 9.17) is 4.74 Å². The van der Waals surface area contributed by atoms with Crippen LogP contribution in [0.25, 0.3) is 22.5 Å². The molecule has 0 unspecified atom stereocenters. The van der Waals surface area contributed by atoms with Gasteiger partial charge in [-0.3, -0.25) is 5.10 Å². The second-order valence-electron chi connectivity index (χ2n) is 5.12. The Balaban J connectivity index is 2.03. The van der Waals surface area contributed by atoms with Crippen molar-refractivity contribution in [3.63, 3.8) is 0 Å². The normalized spacial score (nSPS) is 10.6. The molecule has 22 heavy (non-hydrogen) atoms. The van der Waals surface area contributed by atoms with Crippen LogP contribution in [0.4, 0.5) is 0 Å². The quantitative estimate of drug-likeness (QED) is 0.759. The summed E-state index contributed by atoms with van der Waals surface area (Å²) < 4.78 is 5.65. The molecule has 0 aliphatic carbocycles. The summed E-state index contributed by atoms with van der Waals surface area (Å²) in [7, 11) is 0. The molecule has 0 amide bonds. The lowest BCUT2D eigenvalue weighted by Crippen LogP contribution is -1.93. The topological polar surface area (TPSA) is 58.1 Å². The molecular weight excluding hydrogens is 276 g/mol. The van der Waals surface area contributed by atoms with Crippen LogP contribution in [0.1, 0.15) is 12.5 Å². The van der Waals surface area contributed by atoms with Crippen LogP contribution in [0.15, 0.2) is 48.5 Å². The zero-order valence-corrected chi connectivity index (χ0v) is 12.6. The largest absolute Gasteiger partial charge is 0.507 e. The summed E-state index contributed by atoms with van der Waals surface area (Å²) >= 11 is 0. The number of aromatic amines is 1. The molecule has 0 spiro atoms. The Kier molecular flexibility index (Phi) is 3.83. The Labute approximate surface area is 129 Å². The molecule has 0 bridgehead atoms. The number of H-pyrrole nitrogens is 1. The van der Waals surface area contributed by atoms with Crippen molar-refractivity contribution in [2.24, 2.45) is 0 Å². The number of aromatic hydroxyl groups is 1. The molecule has 3 aromatic rings. The van der Waals surface area contributed by atoms with Gasteiger partial charge in [0.2, 0.25) is 0 Å². The highest BCUT2D eigenvalue weighted by Crippen LogP contribution is 2.33. The van der Waals surface area contributed by atoms with Gasteiger partial charge < -0.3 is 9.84 Å². The van der Waals surface area contributed by atoms with Crippen LogP contribution in [0, 0.1) is 6.92 Å². The van der Waals surface area contributed by atoms with Gasteiger partial charge in [-0.05, 0) is 44.2 Å². The predicted molar refractivity (Wildman–Crippen MR) is 87.0 cm³/mol. The number of aryl methyl sites for hydroxylation is 1. The van der Waals surface area contributed by atoms with E-state index in [1.165, 1.54) is 0 Å². The number of para-hydroxylation sites is 1. The molecule has 0 aliphatic rings. The fourth-order valence-electron chi connectivity index (χ4n) is 2.42. The molecule has 112 valence electrons. The number of phenolic OH excluding ortho intramolecular Hbond substituents is 1. The maximum Gasteiger partial charge on any atom is 0.128 e. The first-order chi connectivity index (χ1) is 10.7. The molecule has 4 nitrogen and oxygen atoms in total. The number of nitrogens with one attached hydrogen (secondary N) is 1. The molecule has 2 N–H and O–H groups in total. The van der Waals surface area contributed by atoms with Gasteiger partial charge in [0.05, 0.1) is 18.0 Å². The third kappa shape index (κ3) is 2.68. The Hall–Kier alpha value is -2.75. The van der Waals surface area contributed by atoms with Crippen molar-refractivity contribution in [3.8, 4) is 34.0 Å². The van der Waals surface area contributed by atoms with Crippen molar-refractivity contribution < 1.29 is 9.84 Å². The van der Waals surface area contributed by atoms with Crippen LogP contribution in [-0.2, 0) is 0 Å². The van der Waals surface area contributed by atoms with Gasteiger partial charge in [0.15, 0.2) is 0 Å². The second kappa shape index (κ2) is 5.93. The zero-order valence-electron chi connectivity index (χ0n) is 12.6. The first kappa shape index (κ1) is 14.2. The predicted octanol–water partition coefficient (Wildman–Crippen LogP) is 4.16. The molecule has 3 rings (SSSR count). The van der Waals surface area contributed by atoms with Crippen molar-refractivity contribution in [2.75, 3.05) is 6.61 Å². The van der Waals surface area contributed by atoms with Crippen LogP contribution >= 0.6 is 0 Å². The number of hydrogen-bond donors (Lipinski definition) is 2. The van der Waals surface area contributed by atoms with E-state index in [9.17, 15) is 5.11 Å². The van der Waals surface area contributed by atoms with Crippen molar-refractivity contribution in [3.05, 3.63) is 54.1 Å². The number of ether oxygens (including phenoxy) is 1. The van der Waals surface area contributed by atoms with E-state index in [-0.39, 0.29) is 5.75 Å². The molecule has 0 atom stereocenters. The molecule has 2 aromatic carbocycles. The molecule has 0 saturated carbocycles. The summed E-state index contributed by atoms with van der Waals surface area (Å²) in [5, 5.41) is 17.4. The highest BCUT2D eigenvalue weighted by Gasteiger charge is 2.12. The molecule has 0 radical (unpaired) electrons. The Morgan fingerprint density at radius 1 is 1.09 bits per heavy atom. The van der Waals surface area contributed by atoms with E-state index < -0.39 is 0 Å². The first-order valence-corrected chi connectivity index (χ1v) is 7.26. The van der Waals surface area contributed by atoms with Gasteiger partial charge in [-0.1, -0.05) is 23.8 Å². The van der Waals surface area contributed by atoms with E-state index in [0.717, 1.165) is 33.8 Å². The fourth-order valence-corrected chi connectivity index (χ4v) is 2.42. The molecule has 4 heteroatoms. The lowest BCUT2D eigenvalue weighted by atomic mass is 10.1. The van der Waals surface area contributed by atoms with Crippen LogP contribution in [0.3, 0.4) is 0 Å². The standard InChI is InChI=1S/C18H18N2O2/c1-3-22-18-7-5-4-6-13(18)15-11-16(20-19-15)14-10-12(2)8-9-17(14)21/h4-11,21H,3H2,1-2H3,(H,19,20). The summed E-state index contributed by atoms with van der Waals surface area (Å²) in [6.45, 7) is 4.55. The van der Waals surface area contributed by atoms with Crippen LogP contribution < -0.4 is 4.74 Å². The summed E-state index contributed by atoms with van der Waals surface area (Å²) in [6, 6.07) is 15.2. The van der Waals surface area contributed by atoms with E-state index in [0.29, 0.717) is 6.61 Å². The molecule has 0 saturated heterocycles. The van der Waals surface area contributed by atoms with Gasteiger partial charge in [0.25, 0.3) is 0 Å². The molecule has 1 aromatic heterocycles. The SMILES string of the molecule is CCOc1ccccc1-c1cc(-c2cc(C)ccc2O)[nH]n1. The zero-order chi connectivity index (χ0) is 15.5. The van der Waals surface area contributed by atoms with Crippen LogP contribution in [0.2, 0.25) is 0 Å². The summed E-state index contributed by atoms with van der Waals surface area (Å²) in [4.78, 5) is 0. The average Bonchev–Trinajstić information content (AvgIpc) is 3.00. The minimum Gasteiger partial charge on any atom is -0.507 e. The van der Waals surface area contributed by atoms with Crippen LogP contribution in [-0.4, -0.2) is 21.9 Å². The van der Waals surface area contributed by atoms with Gasteiger partial charge >= 0.3 is 0 Å². The van der Waals surface area contributed by atoms with Gasteiger partial charge in [-0.25, -0.2) is 0 Å². The van der Waals surface area contributed by atoms with Gasteiger partial charge in [0, 0.05) is 11.1 Å². The summed E-state index contributed by atoms with van der Waals surface area (Å²) in [5.74, 6) is 1.04. The third-order valence-electron chi connectivity index (χ3n) is 3.48. The lowest BCUT2D eigenvalue weighted by molar-refractivity contribution is 0.341. The number of hydrogen-bond acceptors (Lipinski definition) is 3. The van der Waals surface area contributed by atoms with Crippen molar-refractivity contribution in [1.29, 1.82) is 0 Å². The number of benzene rings is 2. The minimum atomic E-state index is 0.235. The Morgan fingerprint density at radius 2 is 1.91 bits per heavy atom. The lowest BCUT2D eigenvalue weighted by Gasteiger charge is -2.07. The highest BCUT2D eigenvalue weighted by molar-refractivity contribution is 5.74. The monoisotopic (exact) mass is 294 g/mol. The molecule has 0 aliphatic heterocycles. The summed E-state index contributed by atoms with van der Waals surface area (Å²) in [5.41, 5.74) is 4.33. The Bertz CT molecular complexity index is 793. The van der Waals surface area contributed by atoms with E-state index >= 15 is 0 Å². The number of aromatic nitrogens is 2. The van der Waals surface area contributed by atoms with E-state index in [2.05, 4.69) is 10.2 Å². The van der Waals surface area contributed by atoms with Gasteiger partial charge in [-0.15, -0.1) is 0 Å². The van der Waals surface area contributed by atoms with Crippen LogP contribution in [0.5, 0.6) is 11.5 Å². The molecular formula is C18H18N2O2. The number of phenols is 1. The summed E-state index contributed by atoms with van der Waals surface area (Å²) in [6.07, 6.45) is 0. The van der Waals surface area contributed by atoms with E-state index in [1.54, 1.807) is 6.07 Å². The fraction of sp³-hybridized carbons (Fsp3) is 0.167. The van der Waals surface area contributed by atoms with Crippen molar-refractivity contribution >= 4 is 0 Å². The van der Waals surface area contributed by atoms with Crippen molar-refractivity contribution in [1.82, 2.24) is 10.2 Å². The van der Waals surface area contributed by atoms with E-state index in [1.807, 2.05) is 56.3 Å². The van der Waals surface area contributed by atoms with Crippen molar-refractivity contribution in [2.45, 2.75) is 13.8 Å². The highest BCUT2D eigenvalue weighted by atomic mass is 16.5. The number of nitrogens with zero attached hydrogens (tertiary/aromatic N) is 1. The first-order valence-electron chi connectivity index (χ1n) is 7.26. The smallest absolute Gasteiger partial charge is 0.128 e. The average molecular weight is 294 g/mol.